The van der Waals surface area contributed by atoms with Crippen LogP contribution >= 0.6 is 15.9 Å². The molecule has 1 amide bonds. The van der Waals surface area contributed by atoms with Crippen LogP contribution in [0.2, 0.25) is 0 Å². The van der Waals surface area contributed by atoms with Gasteiger partial charge in [-0.2, -0.15) is 0 Å². The molecule has 5 rings (SSSR count). The van der Waals surface area contributed by atoms with Crippen LogP contribution in [0.1, 0.15) is 47.6 Å². The van der Waals surface area contributed by atoms with Gasteiger partial charge in [-0.05, 0) is 72.2 Å². The Labute approximate surface area is 225 Å². The SMILES string of the molecule is O=C1CCCN1Cc1ccc(CCNc2cc(Br)ccc2S(=O)(=O)N[C@H]2CCc3c(F)cccc32)cc1. The van der Waals surface area contributed by atoms with Crippen LogP contribution in [0.25, 0.3) is 0 Å². The number of hydrogen-bond donors (Lipinski definition) is 2. The van der Waals surface area contributed by atoms with Crippen LogP contribution in [0.5, 0.6) is 0 Å². The van der Waals surface area contributed by atoms with Gasteiger partial charge in [0.2, 0.25) is 15.9 Å². The Morgan fingerprint density at radius 3 is 2.57 bits per heavy atom. The van der Waals surface area contributed by atoms with E-state index in [1.54, 1.807) is 30.3 Å². The number of amides is 1. The molecule has 2 N–H and O–H groups in total. The predicted molar refractivity (Wildman–Crippen MR) is 145 cm³/mol. The maximum atomic E-state index is 14.1. The molecule has 1 aliphatic carbocycles. The number of benzene rings is 3. The fourth-order valence-corrected chi connectivity index (χ4v) is 6.88. The molecule has 0 bridgehead atoms. The Bertz CT molecular complexity index is 1410. The van der Waals surface area contributed by atoms with E-state index < -0.39 is 16.1 Å². The van der Waals surface area contributed by atoms with Gasteiger partial charge in [0.15, 0.2) is 0 Å². The summed E-state index contributed by atoms with van der Waals surface area (Å²) >= 11 is 3.44. The number of nitrogens with one attached hydrogen (secondary N) is 2. The van der Waals surface area contributed by atoms with Crippen molar-refractivity contribution in [1.82, 2.24) is 9.62 Å². The summed E-state index contributed by atoms with van der Waals surface area (Å²) in [5.74, 6) is -0.0744. The minimum atomic E-state index is -3.85. The number of hydrogen-bond acceptors (Lipinski definition) is 4. The van der Waals surface area contributed by atoms with Crippen molar-refractivity contribution in [3.8, 4) is 0 Å². The average molecular weight is 587 g/mol. The number of fused-ring (bicyclic) bond motifs is 1. The molecule has 3 aromatic carbocycles. The van der Waals surface area contributed by atoms with E-state index in [1.165, 1.54) is 6.07 Å². The van der Waals surface area contributed by atoms with Crippen molar-refractivity contribution >= 4 is 37.5 Å². The highest BCUT2D eigenvalue weighted by atomic mass is 79.9. The van der Waals surface area contributed by atoms with E-state index in [-0.39, 0.29) is 16.6 Å². The molecule has 0 radical (unpaired) electrons. The van der Waals surface area contributed by atoms with E-state index in [9.17, 15) is 17.6 Å². The van der Waals surface area contributed by atoms with E-state index in [0.29, 0.717) is 55.6 Å². The molecule has 6 nitrogen and oxygen atoms in total. The molecule has 0 aromatic heterocycles. The number of carbonyl (C=O) groups excluding carboxylic acids is 1. The van der Waals surface area contributed by atoms with Gasteiger partial charge >= 0.3 is 0 Å². The molecule has 1 aliphatic heterocycles. The van der Waals surface area contributed by atoms with Crippen LogP contribution in [0.15, 0.2) is 70.0 Å². The van der Waals surface area contributed by atoms with E-state index in [0.717, 1.165) is 28.6 Å². The molecule has 1 saturated heterocycles. The Morgan fingerprint density at radius 1 is 1.03 bits per heavy atom. The lowest BCUT2D eigenvalue weighted by Gasteiger charge is -2.18. The summed E-state index contributed by atoms with van der Waals surface area (Å²) < 4.78 is 44.4. The molecule has 0 spiro atoms. The standard InChI is InChI=1S/C28H29BrFN3O3S/c29-21-10-13-27(37(35,36)32-25-12-11-22-23(25)3-1-4-24(22)30)26(17-21)31-15-14-19-6-8-20(9-7-19)18-33-16-2-5-28(33)34/h1,3-4,6-10,13,17,25,31-32H,2,5,11-12,14-16,18H2/t25-/m0/s1. The molecule has 2 aliphatic rings. The van der Waals surface area contributed by atoms with E-state index in [1.807, 2.05) is 29.2 Å². The first-order valence-corrected chi connectivity index (χ1v) is 14.8. The van der Waals surface area contributed by atoms with Crippen LogP contribution in [0.3, 0.4) is 0 Å². The van der Waals surface area contributed by atoms with Gasteiger partial charge in [0.25, 0.3) is 0 Å². The Hall–Kier alpha value is -2.75. The topological polar surface area (TPSA) is 78.5 Å². The lowest BCUT2D eigenvalue weighted by molar-refractivity contribution is -0.128. The molecule has 1 heterocycles. The highest BCUT2D eigenvalue weighted by Crippen LogP contribution is 2.35. The lowest BCUT2D eigenvalue weighted by atomic mass is 10.1. The molecule has 3 aromatic rings. The first-order valence-electron chi connectivity index (χ1n) is 12.5. The van der Waals surface area contributed by atoms with Crippen molar-refractivity contribution in [2.75, 3.05) is 18.4 Å². The molecular formula is C28H29BrFN3O3S. The third kappa shape index (κ3) is 5.89. The highest BCUT2D eigenvalue weighted by molar-refractivity contribution is 9.10. The maximum Gasteiger partial charge on any atom is 0.243 e. The number of halogens is 2. The van der Waals surface area contributed by atoms with Crippen molar-refractivity contribution in [1.29, 1.82) is 0 Å². The quantitative estimate of drug-likeness (QED) is 0.356. The molecule has 1 fully saturated rings. The smallest absolute Gasteiger partial charge is 0.243 e. The molecular weight excluding hydrogens is 557 g/mol. The van der Waals surface area contributed by atoms with Gasteiger partial charge < -0.3 is 10.2 Å². The van der Waals surface area contributed by atoms with Crippen molar-refractivity contribution in [3.63, 3.8) is 0 Å². The molecule has 1 atom stereocenters. The Morgan fingerprint density at radius 2 is 1.81 bits per heavy atom. The average Bonchev–Trinajstić information content (AvgIpc) is 3.46. The summed E-state index contributed by atoms with van der Waals surface area (Å²) in [6.45, 7) is 2.00. The minimum Gasteiger partial charge on any atom is -0.384 e. The number of likely N-dealkylation sites (tertiary alicyclic amines) is 1. The second-order valence-corrected chi connectivity index (χ2v) is 12.2. The van der Waals surface area contributed by atoms with Gasteiger partial charge in [0.1, 0.15) is 10.7 Å². The van der Waals surface area contributed by atoms with Gasteiger partial charge in [-0.15, -0.1) is 0 Å². The third-order valence-electron chi connectivity index (χ3n) is 7.04. The lowest BCUT2D eigenvalue weighted by Crippen LogP contribution is -2.28. The fourth-order valence-electron chi connectivity index (χ4n) is 5.10. The molecule has 37 heavy (non-hydrogen) atoms. The zero-order valence-corrected chi connectivity index (χ0v) is 22.7. The van der Waals surface area contributed by atoms with Gasteiger partial charge in [0, 0.05) is 36.6 Å². The Kier molecular flexibility index (Phi) is 7.65. The van der Waals surface area contributed by atoms with Crippen LogP contribution in [-0.2, 0) is 34.2 Å². The van der Waals surface area contributed by atoms with Crippen molar-refractivity contribution in [2.24, 2.45) is 0 Å². The van der Waals surface area contributed by atoms with Gasteiger partial charge in [0.05, 0.1) is 5.69 Å². The third-order valence-corrected chi connectivity index (χ3v) is 9.06. The maximum absolute atomic E-state index is 14.1. The van der Waals surface area contributed by atoms with E-state index in [2.05, 4.69) is 26.0 Å². The largest absolute Gasteiger partial charge is 0.384 e. The van der Waals surface area contributed by atoms with Crippen molar-refractivity contribution < 1.29 is 17.6 Å². The minimum absolute atomic E-state index is 0.159. The first kappa shape index (κ1) is 25.9. The summed E-state index contributed by atoms with van der Waals surface area (Å²) in [5.41, 5.74) is 4.01. The summed E-state index contributed by atoms with van der Waals surface area (Å²) in [4.78, 5) is 13.9. The zero-order chi connectivity index (χ0) is 26.0. The van der Waals surface area contributed by atoms with Crippen LogP contribution in [0, 0.1) is 5.82 Å². The second-order valence-electron chi connectivity index (χ2n) is 9.57. The van der Waals surface area contributed by atoms with Gasteiger partial charge in [-0.3, -0.25) is 4.79 Å². The van der Waals surface area contributed by atoms with Crippen LogP contribution in [0.4, 0.5) is 10.1 Å². The number of anilines is 1. The van der Waals surface area contributed by atoms with Crippen molar-refractivity contribution in [3.05, 3.63) is 93.2 Å². The predicted octanol–water partition coefficient (Wildman–Crippen LogP) is 5.33. The number of rotatable bonds is 9. The van der Waals surface area contributed by atoms with Crippen molar-refractivity contribution in [2.45, 2.75) is 49.6 Å². The summed E-state index contributed by atoms with van der Waals surface area (Å²) in [5, 5.41) is 3.28. The van der Waals surface area contributed by atoms with E-state index >= 15 is 0 Å². The summed E-state index contributed by atoms with van der Waals surface area (Å²) in [6, 6.07) is 17.6. The molecule has 0 unspecified atom stereocenters. The van der Waals surface area contributed by atoms with E-state index in [4.69, 9.17) is 0 Å². The van der Waals surface area contributed by atoms with Crippen LogP contribution < -0.4 is 10.0 Å². The van der Waals surface area contributed by atoms with Crippen LogP contribution in [-0.4, -0.2) is 32.3 Å². The highest BCUT2D eigenvalue weighted by Gasteiger charge is 2.30. The molecule has 9 heteroatoms. The summed E-state index contributed by atoms with van der Waals surface area (Å²) in [7, 11) is -3.85. The van der Waals surface area contributed by atoms with Gasteiger partial charge in [-0.1, -0.05) is 52.3 Å². The number of carbonyl (C=O) groups is 1. The number of nitrogens with zero attached hydrogens (tertiary/aromatic N) is 1. The Balaban J connectivity index is 1.24. The normalized spacial score (nSPS) is 17.3. The summed E-state index contributed by atoms with van der Waals surface area (Å²) in [6.07, 6.45) is 3.30. The molecule has 194 valence electrons. The monoisotopic (exact) mass is 585 g/mol. The first-order chi connectivity index (χ1) is 17.8. The zero-order valence-electron chi connectivity index (χ0n) is 20.3. The molecule has 0 saturated carbocycles. The van der Waals surface area contributed by atoms with Gasteiger partial charge in [-0.25, -0.2) is 17.5 Å². The number of sulfonamides is 1. The second kappa shape index (κ2) is 10.9. The fraction of sp³-hybridized carbons (Fsp3) is 0.321.